The van der Waals surface area contributed by atoms with Crippen LogP contribution in [0.15, 0.2) is 65.2 Å². The van der Waals surface area contributed by atoms with E-state index < -0.39 is 0 Å². The highest BCUT2D eigenvalue weighted by molar-refractivity contribution is 7.80. The van der Waals surface area contributed by atoms with Gasteiger partial charge in [0.05, 0.1) is 0 Å². The number of benzene rings is 2. The Morgan fingerprint density at radius 2 is 1.86 bits per heavy atom. The molecule has 4 rings (SSSR count). The van der Waals surface area contributed by atoms with Crippen molar-refractivity contribution in [3.05, 3.63) is 77.5 Å². The minimum atomic E-state index is -0.263. The van der Waals surface area contributed by atoms with Gasteiger partial charge in [0, 0.05) is 23.0 Å². The van der Waals surface area contributed by atoms with Crippen LogP contribution in [0.4, 0.5) is 5.69 Å². The van der Waals surface area contributed by atoms with E-state index in [1.165, 1.54) is 0 Å². The molecule has 2 aromatic heterocycles. The summed E-state index contributed by atoms with van der Waals surface area (Å²) in [5.41, 5.74) is 5.32. The molecule has 0 aliphatic carbocycles. The number of oxazole rings is 1. The van der Waals surface area contributed by atoms with Gasteiger partial charge >= 0.3 is 0 Å². The molecule has 29 heavy (non-hydrogen) atoms. The molecular weight excluding hydrogens is 384 g/mol. The minimum absolute atomic E-state index is 0.218. The van der Waals surface area contributed by atoms with Crippen LogP contribution >= 0.6 is 12.2 Å². The first-order valence-corrected chi connectivity index (χ1v) is 9.42. The number of pyridine rings is 1. The fraction of sp³-hybridized carbons (Fsp3) is 0.0909. The molecule has 2 heterocycles. The second kappa shape index (κ2) is 7.81. The van der Waals surface area contributed by atoms with Gasteiger partial charge in [-0.3, -0.25) is 10.1 Å². The zero-order chi connectivity index (χ0) is 20.4. The largest absolute Gasteiger partial charge is 0.434 e. The first kappa shape index (κ1) is 18.8. The van der Waals surface area contributed by atoms with E-state index in [0.29, 0.717) is 22.7 Å². The van der Waals surface area contributed by atoms with Crippen LogP contribution < -0.4 is 10.6 Å². The summed E-state index contributed by atoms with van der Waals surface area (Å²) in [7, 11) is 0. The summed E-state index contributed by atoms with van der Waals surface area (Å²) in [6.45, 7) is 3.92. The molecule has 1 amide bonds. The summed E-state index contributed by atoms with van der Waals surface area (Å²) >= 11 is 5.32. The molecule has 0 bridgehead atoms. The third kappa shape index (κ3) is 4.14. The van der Waals surface area contributed by atoms with Gasteiger partial charge in [-0.2, -0.15) is 4.98 Å². The van der Waals surface area contributed by atoms with Crippen molar-refractivity contribution in [2.45, 2.75) is 13.8 Å². The number of nitrogens with zero attached hydrogens (tertiary/aromatic N) is 2. The molecule has 2 N–H and O–H groups in total. The van der Waals surface area contributed by atoms with E-state index in [0.717, 1.165) is 22.4 Å². The van der Waals surface area contributed by atoms with Crippen molar-refractivity contribution in [2.24, 2.45) is 0 Å². The van der Waals surface area contributed by atoms with E-state index in [1.807, 2.05) is 50.2 Å². The first-order valence-electron chi connectivity index (χ1n) is 9.01. The molecule has 144 valence electrons. The molecule has 7 heteroatoms. The van der Waals surface area contributed by atoms with Crippen molar-refractivity contribution in [3.8, 4) is 11.5 Å². The van der Waals surface area contributed by atoms with Crippen molar-refractivity contribution < 1.29 is 9.21 Å². The van der Waals surface area contributed by atoms with Crippen LogP contribution in [0.5, 0.6) is 0 Å². The zero-order valence-corrected chi connectivity index (χ0v) is 16.7. The van der Waals surface area contributed by atoms with Gasteiger partial charge in [-0.25, -0.2) is 4.98 Å². The van der Waals surface area contributed by atoms with Crippen LogP contribution in [0.2, 0.25) is 0 Å². The Hall–Kier alpha value is -3.58. The minimum Gasteiger partial charge on any atom is -0.434 e. The summed E-state index contributed by atoms with van der Waals surface area (Å²) in [6.07, 6.45) is 1.67. The van der Waals surface area contributed by atoms with Crippen molar-refractivity contribution >= 4 is 40.2 Å². The Kier molecular flexibility index (Phi) is 5.05. The van der Waals surface area contributed by atoms with E-state index in [2.05, 4.69) is 20.6 Å². The number of hydrogen-bond acceptors (Lipinski definition) is 5. The van der Waals surface area contributed by atoms with Gasteiger partial charge in [-0.1, -0.05) is 23.8 Å². The van der Waals surface area contributed by atoms with Crippen molar-refractivity contribution in [1.82, 2.24) is 15.3 Å². The van der Waals surface area contributed by atoms with Crippen molar-refractivity contribution in [1.29, 1.82) is 0 Å². The van der Waals surface area contributed by atoms with Crippen LogP contribution in [0.25, 0.3) is 22.7 Å². The maximum absolute atomic E-state index is 12.4. The van der Waals surface area contributed by atoms with E-state index in [1.54, 1.807) is 24.4 Å². The molecule has 0 fully saturated rings. The number of carbonyl (C=O) groups excluding carboxylic acids is 1. The van der Waals surface area contributed by atoms with Crippen LogP contribution in [-0.2, 0) is 0 Å². The average Bonchev–Trinajstić information content (AvgIpc) is 3.14. The predicted octanol–water partition coefficient (Wildman–Crippen LogP) is 4.63. The van der Waals surface area contributed by atoms with Gasteiger partial charge in [0.15, 0.2) is 16.3 Å². The molecule has 0 saturated carbocycles. The Balaban J connectivity index is 1.52. The number of carbonyl (C=O) groups is 1. The van der Waals surface area contributed by atoms with E-state index in [-0.39, 0.29) is 11.0 Å². The van der Waals surface area contributed by atoms with E-state index in [9.17, 15) is 4.79 Å². The highest BCUT2D eigenvalue weighted by atomic mass is 32.1. The molecule has 0 radical (unpaired) electrons. The highest BCUT2D eigenvalue weighted by Crippen LogP contribution is 2.27. The fourth-order valence-corrected chi connectivity index (χ4v) is 3.02. The molecule has 4 aromatic rings. The monoisotopic (exact) mass is 402 g/mol. The Morgan fingerprint density at radius 3 is 2.62 bits per heavy atom. The second-order valence-electron chi connectivity index (χ2n) is 6.65. The average molecular weight is 402 g/mol. The molecule has 0 atom stereocenters. The number of anilines is 1. The lowest BCUT2D eigenvalue weighted by Gasteiger charge is -2.12. The number of rotatable bonds is 3. The lowest BCUT2D eigenvalue weighted by Crippen LogP contribution is -2.34. The van der Waals surface area contributed by atoms with Gasteiger partial charge in [0.1, 0.15) is 0 Å². The van der Waals surface area contributed by atoms with Crippen molar-refractivity contribution in [3.63, 3.8) is 0 Å². The molecule has 0 aliphatic rings. The van der Waals surface area contributed by atoms with Gasteiger partial charge in [0.25, 0.3) is 5.91 Å². The number of amides is 1. The van der Waals surface area contributed by atoms with Crippen LogP contribution in [0.1, 0.15) is 21.5 Å². The molecule has 0 spiro atoms. The molecule has 6 nitrogen and oxygen atoms in total. The lowest BCUT2D eigenvalue weighted by molar-refractivity contribution is 0.0977. The summed E-state index contributed by atoms with van der Waals surface area (Å²) in [4.78, 5) is 21.0. The lowest BCUT2D eigenvalue weighted by atomic mass is 10.1. The predicted molar refractivity (Wildman–Crippen MR) is 117 cm³/mol. The SMILES string of the molecule is Cc1ccc(C(=O)NC(=S)Nc2cc(-c3nc4ncccc4o3)ccc2C)cc1. The summed E-state index contributed by atoms with van der Waals surface area (Å²) in [6, 6.07) is 16.6. The zero-order valence-electron chi connectivity index (χ0n) is 15.9. The second-order valence-corrected chi connectivity index (χ2v) is 7.06. The summed E-state index contributed by atoms with van der Waals surface area (Å²) < 4.78 is 5.78. The summed E-state index contributed by atoms with van der Waals surface area (Å²) in [5, 5.41) is 6.00. The maximum Gasteiger partial charge on any atom is 0.257 e. The van der Waals surface area contributed by atoms with E-state index in [4.69, 9.17) is 16.6 Å². The smallest absolute Gasteiger partial charge is 0.257 e. The number of hydrogen-bond donors (Lipinski definition) is 2. The topological polar surface area (TPSA) is 80.0 Å². The number of thiocarbonyl (C=S) groups is 1. The number of nitrogens with one attached hydrogen (secondary N) is 2. The number of aromatic nitrogens is 2. The molecular formula is C22H18N4O2S. The third-order valence-corrected chi connectivity index (χ3v) is 4.64. The van der Waals surface area contributed by atoms with Gasteiger partial charge < -0.3 is 9.73 Å². The van der Waals surface area contributed by atoms with Crippen LogP contribution in [0, 0.1) is 13.8 Å². The Labute approximate surface area is 173 Å². The highest BCUT2D eigenvalue weighted by Gasteiger charge is 2.12. The fourth-order valence-electron chi connectivity index (χ4n) is 2.82. The normalized spacial score (nSPS) is 10.7. The Morgan fingerprint density at radius 1 is 1.07 bits per heavy atom. The van der Waals surface area contributed by atoms with Crippen molar-refractivity contribution in [2.75, 3.05) is 5.32 Å². The standard InChI is InChI=1S/C22H18N4O2S/c1-13-5-8-15(9-6-13)20(27)26-22(29)24-17-12-16(10-7-14(17)2)21-25-19-18(28-21)4-3-11-23-19/h3-12H,1-2H3,(H2,24,26,27,29). The van der Waals surface area contributed by atoms with Gasteiger partial charge in [0.2, 0.25) is 5.89 Å². The van der Waals surface area contributed by atoms with Gasteiger partial charge in [-0.05, 0) is 68.0 Å². The quantitative estimate of drug-likeness (QED) is 0.486. The number of aryl methyl sites for hydroxylation is 2. The van der Waals surface area contributed by atoms with Crippen LogP contribution in [-0.4, -0.2) is 21.0 Å². The molecule has 0 aliphatic heterocycles. The molecule has 2 aromatic carbocycles. The summed E-state index contributed by atoms with van der Waals surface area (Å²) in [5.74, 6) is 0.206. The number of fused-ring (bicyclic) bond motifs is 1. The van der Waals surface area contributed by atoms with E-state index >= 15 is 0 Å². The molecule has 0 unspecified atom stereocenters. The Bertz CT molecular complexity index is 1180. The molecule has 0 saturated heterocycles. The third-order valence-electron chi connectivity index (χ3n) is 4.44. The van der Waals surface area contributed by atoms with Crippen LogP contribution in [0.3, 0.4) is 0 Å². The maximum atomic E-state index is 12.4. The first-order chi connectivity index (χ1) is 14.0. The van der Waals surface area contributed by atoms with Gasteiger partial charge in [-0.15, -0.1) is 0 Å².